The third-order valence-electron chi connectivity index (χ3n) is 6.42. The number of hydrogen-bond donors (Lipinski definition) is 0. The van der Waals surface area contributed by atoms with Crippen LogP contribution >= 0.6 is 0 Å². The number of urea groups is 1. The minimum absolute atomic E-state index is 0.181. The van der Waals surface area contributed by atoms with E-state index in [-0.39, 0.29) is 12.8 Å². The Morgan fingerprint density at radius 1 is 1.03 bits per heavy atom. The molecule has 2 aromatic heterocycles. The molecule has 32 heavy (non-hydrogen) atoms. The van der Waals surface area contributed by atoms with Crippen LogP contribution in [0.2, 0.25) is 0 Å². The van der Waals surface area contributed by atoms with Gasteiger partial charge in [0.15, 0.2) is 0 Å². The molecule has 0 N–H and O–H groups in total. The fraction of sp³-hybridized carbons (Fsp3) is 0.261. The number of barbiturate groups is 1. The van der Waals surface area contributed by atoms with Crippen LogP contribution in [0, 0.1) is 5.41 Å². The zero-order chi connectivity index (χ0) is 22.8. The molecule has 162 valence electrons. The maximum atomic E-state index is 13.0. The summed E-state index contributed by atoms with van der Waals surface area (Å²) in [6.07, 6.45) is 3.70. The monoisotopic (exact) mass is 432 g/mol. The zero-order valence-corrected chi connectivity index (χ0v) is 17.8. The van der Waals surface area contributed by atoms with Gasteiger partial charge in [-0.25, -0.2) is 14.6 Å². The van der Waals surface area contributed by atoms with Gasteiger partial charge in [0.1, 0.15) is 11.2 Å². The quantitative estimate of drug-likeness (QED) is 0.453. The van der Waals surface area contributed by atoms with Gasteiger partial charge in [0, 0.05) is 31.9 Å². The summed E-state index contributed by atoms with van der Waals surface area (Å²) in [5, 5.41) is 0.734. The summed E-state index contributed by atoms with van der Waals surface area (Å²) in [7, 11) is 4.11. The van der Waals surface area contributed by atoms with E-state index in [1.54, 1.807) is 17.0 Å². The molecule has 9 nitrogen and oxygen atoms in total. The van der Waals surface area contributed by atoms with Crippen molar-refractivity contribution < 1.29 is 23.9 Å². The highest BCUT2D eigenvalue weighted by molar-refractivity contribution is 6.19. The second-order valence-corrected chi connectivity index (χ2v) is 8.18. The van der Waals surface area contributed by atoms with E-state index in [0.717, 1.165) is 31.8 Å². The lowest BCUT2D eigenvalue weighted by Gasteiger charge is -2.39. The van der Waals surface area contributed by atoms with E-state index in [1.807, 2.05) is 30.3 Å². The van der Waals surface area contributed by atoms with Crippen molar-refractivity contribution in [3.05, 3.63) is 59.4 Å². The summed E-state index contributed by atoms with van der Waals surface area (Å²) < 4.78 is 6.70. The van der Waals surface area contributed by atoms with Crippen molar-refractivity contribution in [1.82, 2.24) is 19.4 Å². The number of pyridine rings is 1. The van der Waals surface area contributed by atoms with E-state index in [0.29, 0.717) is 11.4 Å². The van der Waals surface area contributed by atoms with Crippen LogP contribution in [0.1, 0.15) is 21.5 Å². The molecular formula is C23H20N4O5. The number of carbonyl (C=O) groups excluding carboxylic acids is 4. The van der Waals surface area contributed by atoms with Gasteiger partial charge in [0.25, 0.3) is 0 Å². The second kappa shape index (κ2) is 6.74. The number of ether oxygens (including phenoxy) is 1. The first-order valence-corrected chi connectivity index (χ1v) is 10.1. The van der Waals surface area contributed by atoms with Crippen molar-refractivity contribution in [1.29, 1.82) is 0 Å². The van der Waals surface area contributed by atoms with Gasteiger partial charge in [0.2, 0.25) is 11.8 Å². The third-order valence-corrected chi connectivity index (χ3v) is 6.42. The first-order valence-electron chi connectivity index (χ1n) is 10.1. The molecule has 0 saturated carbocycles. The number of carbonyl (C=O) groups is 4. The normalized spacial score (nSPS) is 17.4. The minimum Gasteiger partial charge on any atom is -0.465 e. The molecule has 5 rings (SSSR count). The highest BCUT2D eigenvalue weighted by Crippen LogP contribution is 2.42. The number of esters is 1. The number of aromatic nitrogens is 2. The van der Waals surface area contributed by atoms with E-state index in [1.165, 1.54) is 21.2 Å². The first-order chi connectivity index (χ1) is 15.3. The van der Waals surface area contributed by atoms with E-state index in [2.05, 4.69) is 4.98 Å². The minimum atomic E-state index is -1.34. The number of imide groups is 2. The Labute approximate surface area is 183 Å². The largest absolute Gasteiger partial charge is 0.465 e. The third kappa shape index (κ3) is 2.54. The summed E-state index contributed by atoms with van der Waals surface area (Å²) in [6, 6.07) is 8.62. The van der Waals surface area contributed by atoms with E-state index < -0.39 is 29.2 Å². The van der Waals surface area contributed by atoms with Gasteiger partial charge in [-0.05, 0) is 36.1 Å². The molecule has 1 saturated heterocycles. The molecule has 0 radical (unpaired) electrons. The molecular weight excluding hydrogens is 412 g/mol. The van der Waals surface area contributed by atoms with Gasteiger partial charge in [-0.1, -0.05) is 18.2 Å². The molecule has 0 bridgehead atoms. The van der Waals surface area contributed by atoms with Crippen LogP contribution in [0.3, 0.4) is 0 Å². The number of hydrogen-bond acceptors (Lipinski definition) is 6. The summed E-state index contributed by atoms with van der Waals surface area (Å²) in [5.41, 5.74) is 1.46. The van der Waals surface area contributed by atoms with Crippen molar-refractivity contribution in [2.45, 2.75) is 12.8 Å². The Hall–Kier alpha value is -4.01. The SMILES string of the molecule is COC(=O)c1cn(-c2cc3c(cn2)CC2(C3)C(=O)N(C)C(=O)N(C)C2=O)c2ccccc12. The molecule has 1 fully saturated rings. The number of rotatable bonds is 2. The van der Waals surface area contributed by atoms with Gasteiger partial charge in [-0.3, -0.25) is 19.4 Å². The Morgan fingerprint density at radius 2 is 1.69 bits per heavy atom. The molecule has 4 amide bonds. The molecule has 0 unspecified atom stereocenters. The van der Waals surface area contributed by atoms with Crippen molar-refractivity contribution in [2.75, 3.05) is 21.2 Å². The molecule has 0 atom stereocenters. The average molecular weight is 432 g/mol. The van der Waals surface area contributed by atoms with Gasteiger partial charge in [-0.15, -0.1) is 0 Å². The highest BCUT2D eigenvalue weighted by atomic mass is 16.5. The van der Waals surface area contributed by atoms with Gasteiger partial charge < -0.3 is 9.30 Å². The lowest BCUT2D eigenvalue weighted by atomic mass is 9.80. The van der Waals surface area contributed by atoms with E-state index in [9.17, 15) is 19.2 Å². The molecule has 1 aliphatic heterocycles. The van der Waals surface area contributed by atoms with Crippen molar-refractivity contribution in [3.63, 3.8) is 0 Å². The lowest BCUT2D eigenvalue weighted by molar-refractivity contribution is -0.156. The summed E-state index contributed by atoms with van der Waals surface area (Å²) in [6.45, 7) is 0. The van der Waals surface area contributed by atoms with E-state index in [4.69, 9.17) is 4.74 Å². The zero-order valence-electron chi connectivity index (χ0n) is 17.8. The highest BCUT2D eigenvalue weighted by Gasteiger charge is 2.58. The fourth-order valence-electron chi connectivity index (χ4n) is 4.76. The Balaban J connectivity index is 1.59. The lowest BCUT2D eigenvalue weighted by Crippen LogP contribution is -2.63. The molecule has 1 aliphatic carbocycles. The number of amides is 4. The Kier molecular flexibility index (Phi) is 4.20. The van der Waals surface area contributed by atoms with Crippen LogP contribution in [0.5, 0.6) is 0 Å². The topological polar surface area (TPSA) is 102 Å². The van der Waals surface area contributed by atoms with Crippen molar-refractivity contribution in [3.8, 4) is 5.82 Å². The van der Waals surface area contributed by atoms with Crippen LogP contribution in [-0.2, 0) is 27.2 Å². The van der Waals surface area contributed by atoms with Crippen LogP contribution in [0.25, 0.3) is 16.7 Å². The molecule has 2 aliphatic rings. The number of methoxy groups -OCH3 is 1. The number of nitrogens with zero attached hydrogens (tertiary/aromatic N) is 4. The smallest absolute Gasteiger partial charge is 0.340 e. The fourth-order valence-corrected chi connectivity index (χ4v) is 4.76. The van der Waals surface area contributed by atoms with Crippen LogP contribution in [0.15, 0.2) is 42.7 Å². The molecule has 3 aromatic rings. The summed E-state index contributed by atoms with van der Waals surface area (Å²) in [4.78, 5) is 57.0. The number of fused-ring (bicyclic) bond motifs is 2. The van der Waals surface area contributed by atoms with Gasteiger partial charge >= 0.3 is 12.0 Å². The van der Waals surface area contributed by atoms with Crippen LogP contribution in [-0.4, -0.2) is 64.4 Å². The maximum absolute atomic E-state index is 13.0. The molecule has 1 spiro atoms. The maximum Gasteiger partial charge on any atom is 0.340 e. The first kappa shape index (κ1) is 19.9. The van der Waals surface area contributed by atoms with Gasteiger partial charge in [-0.2, -0.15) is 0 Å². The van der Waals surface area contributed by atoms with Crippen molar-refractivity contribution >= 4 is 34.7 Å². The standard InChI is InChI=1S/C23H20N4O5/c1-25-20(29)23(21(30)26(2)22(25)31)9-13-8-18(24-11-14(13)10-23)27-12-16(19(28)32-3)15-6-4-5-7-17(15)27/h4-8,11-12H,9-10H2,1-3H3. The Morgan fingerprint density at radius 3 is 2.38 bits per heavy atom. The predicted molar refractivity (Wildman–Crippen MR) is 113 cm³/mol. The van der Waals surface area contributed by atoms with Crippen LogP contribution in [0.4, 0.5) is 4.79 Å². The van der Waals surface area contributed by atoms with Crippen molar-refractivity contribution in [2.24, 2.45) is 5.41 Å². The van der Waals surface area contributed by atoms with E-state index >= 15 is 0 Å². The summed E-state index contributed by atoms with van der Waals surface area (Å²) >= 11 is 0. The molecule has 1 aromatic carbocycles. The molecule has 9 heteroatoms. The average Bonchev–Trinajstić information content (AvgIpc) is 3.39. The number of benzene rings is 1. The summed E-state index contributed by atoms with van der Waals surface area (Å²) in [5.74, 6) is -0.889. The predicted octanol–water partition coefficient (Wildman–Crippen LogP) is 1.95. The number of para-hydroxylation sites is 1. The van der Waals surface area contributed by atoms with Crippen LogP contribution < -0.4 is 0 Å². The molecule has 3 heterocycles. The second-order valence-electron chi connectivity index (χ2n) is 8.18. The van der Waals surface area contributed by atoms with Gasteiger partial charge in [0.05, 0.1) is 18.2 Å². The Bertz CT molecular complexity index is 1320.